The summed E-state index contributed by atoms with van der Waals surface area (Å²) in [4.78, 5) is 35.3. The van der Waals surface area contributed by atoms with E-state index in [4.69, 9.17) is 0 Å². The molecule has 0 aromatic carbocycles. The molecule has 1 heterocycles. The first-order valence-corrected chi connectivity index (χ1v) is 5.73. The summed E-state index contributed by atoms with van der Waals surface area (Å²) in [7, 11) is 0. The van der Waals surface area contributed by atoms with Gasteiger partial charge in [-0.05, 0) is 24.8 Å². The van der Waals surface area contributed by atoms with Gasteiger partial charge in [-0.1, -0.05) is 26.8 Å². The topological polar surface area (TPSA) is 75.3 Å². The number of rotatable bonds is 3. The molecule has 1 fully saturated rings. The van der Waals surface area contributed by atoms with Crippen molar-refractivity contribution in [1.29, 1.82) is 0 Å². The quantitative estimate of drug-likeness (QED) is 0.363. The van der Waals surface area contributed by atoms with Crippen molar-refractivity contribution in [2.75, 3.05) is 0 Å². The molecule has 5 nitrogen and oxygen atoms in total. The molecule has 0 spiro atoms. The Labute approximate surface area is 129 Å². The van der Waals surface area contributed by atoms with Crippen LogP contribution in [-0.4, -0.2) is 17.8 Å². The summed E-state index contributed by atoms with van der Waals surface area (Å²) in [5.41, 5.74) is -0.535. The summed E-state index contributed by atoms with van der Waals surface area (Å²) >= 11 is 0. The predicted molar refractivity (Wildman–Crippen MR) is 63.0 cm³/mol. The molecule has 0 aromatic rings. The van der Waals surface area contributed by atoms with E-state index in [1.807, 2.05) is 6.92 Å². The Morgan fingerprint density at radius 3 is 1.94 bits per heavy atom. The van der Waals surface area contributed by atoms with Crippen molar-refractivity contribution < 1.29 is 43.9 Å². The van der Waals surface area contributed by atoms with Crippen LogP contribution in [0.5, 0.6) is 0 Å². The normalized spacial score (nSPS) is 19.2. The van der Waals surface area contributed by atoms with Crippen LogP contribution in [0.4, 0.5) is 4.79 Å². The third-order valence-corrected chi connectivity index (χ3v) is 3.27. The number of amides is 4. The number of hydrogen-bond acceptors (Lipinski definition) is 3. The second kappa shape index (κ2) is 6.50. The molecule has 0 aromatic heterocycles. The van der Waals surface area contributed by atoms with Crippen LogP contribution in [0, 0.1) is 11.3 Å². The summed E-state index contributed by atoms with van der Waals surface area (Å²) in [5.74, 6) is -1.28. The van der Waals surface area contributed by atoms with Crippen LogP contribution in [0.1, 0.15) is 34.1 Å². The molecule has 1 rings (SSSR count). The van der Waals surface area contributed by atoms with Gasteiger partial charge in [0.15, 0.2) is 5.41 Å². The van der Waals surface area contributed by atoms with Crippen LogP contribution in [0.2, 0.25) is 0 Å². The van der Waals surface area contributed by atoms with E-state index in [1.54, 1.807) is 26.8 Å². The molecule has 1 aliphatic heterocycles. The zero-order chi connectivity index (χ0) is 13.2. The number of hydrogen-bond donors (Lipinski definition) is 2. The second-order valence-corrected chi connectivity index (χ2v) is 4.37. The Morgan fingerprint density at radius 1 is 1.22 bits per heavy atom. The van der Waals surface area contributed by atoms with Gasteiger partial charge >= 0.3 is 35.6 Å². The number of barbiturate groups is 1. The van der Waals surface area contributed by atoms with E-state index in [1.165, 1.54) is 0 Å². The van der Waals surface area contributed by atoms with Crippen molar-refractivity contribution >= 4 is 17.8 Å². The zero-order valence-corrected chi connectivity index (χ0v) is 13.6. The van der Waals surface area contributed by atoms with Crippen molar-refractivity contribution in [2.45, 2.75) is 34.1 Å². The van der Waals surface area contributed by atoms with Gasteiger partial charge in [0.25, 0.3) is 0 Å². The predicted octanol–water partition coefficient (Wildman–Crippen LogP) is -1.64. The van der Waals surface area contributed by atoms with Gasteiger partial charge < -0.3 is 0 Å². The molecule has 0 aliphatic carbocycles. The van der Waals surface area contributed by atoms with E-state index in [-0.39, 0.29) is 35.5 Å². The van der Waals surface area contributed by atoms with Gasteiger partial charge in [0.1, 0.15) is 0 Å². The molecule has 2 N–H and O–H groups in total. The average Bonchev–Trinajstić information content (AvgIpc) is 2.22. The molecule has 6 heteroatoms. The Morgan fingerprint density at radius 2 is 1.67 bits per heavy atom. The van der Waals surface area contributed by atoms with Crippen molar-refractivity contribution in [3.63, 3.8) is 0 Å². The van der Waals surface area contributed by atoms with Gasteiger partial charge in [-0.2, -0.15) is 0 Å². The van der Waals surface area contributed by atoms with Gasteiger partial charge in [0.05, 0.1) is 0 Å². The number of carbonyl (C=O) groups excluding carboxylic acids is 3. The molecule has 4 amide bonds. The van der Waals surface area contributed by atoms with Gasteiger partial charge in [-0.3, -0.25) is 20.2 Å². The summed E-state index contributed by atoms with van der Waals surface area (Å²) in [6.45, 7) is 7.28. The monoisotopic (exact) mass is 261 g/mol. The first-order valence-electron chi connectivity index (χ1n) is 5.73. The third kappa shape index (κ3) is 2.53. The Balaban J connectivity index is 0.00000289. The molecule has 0 bridgehead atoms. The van der Waals surface area contributed by atoms with Crippen LogP contribution < -0.4 is 40.2 Å². The summed E-state index contributed by atoms with van der Waals surface area (Å²) in [6.07, 6.45) is 2.36. The van der Waals surface area contributed by atoms with Crippen LogP contribution in [-0.2, 0) is 9.59 Å². The number of imide groups is 2. The molecule has 18 heavy (non-hydrogen) atoms. The molecule has 0 unspecified atom stereocenters. The summed E-state index contributed by atoms with van der Waals surface area (Å²) in [6, 6.07) is -0.747. The van der Waals surface area contributed by atoms with Gasteiger partial charge in [-0.25, -0.2) is 4.79 Å². The third-order valence-electron chi connectivity index (χ3n) is 3.27. The fraction of sp³-hybridized carbons (Fsp3) is 0.583. The Hall–Kier alpha value is -0.650. The van der Waals surface area contributed by atoms with Crippen LogP contribution in [0.3, 0.4) is 0 Å². The largest absolute Gasteiger partial charge is 1.00 e. The van der Waals surface area contributed by atoms with E-state index >= 15 is 0 Å². The first kappa shape index (κ1) is 17.4. The van der Waals surface area contributed by atoms with E-state index in [9.17, 15) is 14.4 Å². The Kier molecular flexibility index (Phi) is 6.26. The standard InChI is InChI=1S/C12H18N2O3.Na/c1-5-8(6-2)12(7(3)4)9(15)13-11(17)14-10(12)16;/h5,7H,6H2,1-4H3,(H2,13,14,15,16,17);/q;+1/b8-5+;. The van der Waals surface area contributed by atoms with Crippen LogP contribution >= 0.6 is 0 Å². The number of urea groups is 1. The van der Waals surface area contributed by atoms with Gasteiger partial charge in [-0.15, -0.1) is 0 Å². The van der Waals surface area contributed by atoms with E-state index in [0.29, 0.717) is 6.42 Å². The molecule has 0 atom stereocenters. The average molecular weight is 261 g/mol. The minimum atomic E-state index is -1.27. The minimum absolute atomic E-state index is 0. The summed E-state index contributed by atoms with van der Waals surface area (Å²) in [5, 5.41) is 4.36. The number of carbonyl (C=O) groups is 3. The van der Waals surface area contributed by atoms with Crippen molar-refractivity contribution in [3.05, 3.63) is 11.6 Å². The van der Waals surface area contributed by atoms with E-state index < -0.39 is 23.3 Å². The maximum Gasteiger partial charge on any atom is 1.00 e. The minimum Gasteiger partial charge on any atom is -0.277 e. The van der Waals surface area contributed by atoms with E-state index in [0.717, 1.165) is 5.57 Å². The van der Waals surface area contributed by atoms with Crippen molar-refractivity contribution in [3.8, 4) is 0 Å². The molecule has 0 radical (unpaired) electrons. The summed E-state index contributed by atoms with van der Waals surface area (Å²) < 4.78 is 0. The van der Waals surface area contributed by atoms with Crippen LogP contribution in [0.15, 0.2) is 11.6 Å². The second-order valence-electron chi connectivity index (χ2n) is 4.37. The fourth-order valence-corrected chi connectivity index (χ4v) is 2.44. The smallest absolute Gasteiger partial charge is 0.277 e. The van der Waals surface area contributed by atoms with Crippen molar-refractivity contribution in [2.24, 2.45) is 11.3 Å². The van der Waals surface area contributed by atoms with Crippen molar-refractivity contribution in [1.82, 2.24) is 10.6 Å². The van der Waals surface area contributed by atoms with Crippen LogP contribution in [0.25, 0.3) is 0 Å². The SMILES string of the molecule is C/C=C(\CC)C1(C(C)C)C(=O)NC(=O)NC1=O.[Na+]. The van der Waals surface area contributed by atoms with Gasteiger partial charge in [0, 0.05) is 0 Å². The van der Waals surface area contributed by atoms with Gasteiger partial charge in [0.2, 0.25) is 11.8 Å². The maximum atomic E-state index is 12.1. The molecular weight excluding hydrogens is 243 g/mol. The molecule has 94 valence electrons. The fourth-order valence-electron chi connectivity index (χ4n) is 2.44. The molecular formula is C12H18N2NaO3+. The number of nitrogens with one attached hydrogen (secondary N) is 2. The molecule has 1 aliphatic rings. The maximum absolute atomic E-state index is 12.1. The zero-order valence-electron chi connectivity index (χ0n) is 11.6. The first-order chi connectivity index (χ1) is 7.91. The molecule has 0 saturated carbocycles. The Bertz CT molecular complexity index is 382. The molecule has 1 saturated heterocycles. The van der Waals surface area contributed by atoms with E-state index in [2.05, 4.69) is 10.6 Å². The number of allylic oxidation sites excluding steroid dienone is 1.